The van der Waals surface area contributed by atoms with Crippen LogP contribution in [0.4, 0.5) is 14.7 Å². The number of ether oxygens (including phenoxy) is 1. The van der Waals surface area contributed by atoms with Crippen molar-refractivity contribution in [2.75, 3.05) is 31.6 Å². The van der Waals surface area contributed by atoms with Gasteiger partial charge in [-0.15, -0.1) is 0 Å². The largest absolute Gasteiger partial charge is 0.479 e. The molecule has 0 radical (unpaired) electrons. The lowest BCUT2D eigenvalue weighted by Crippen LogP contribution is -2.43. The Morgan fingerprint density at radius 1 is 1.19 bits per heavy atom. The van der Waals surface area contributed by atoms with Crippen LogP contribution in [0.3, 0.4) is 0 Å². The molecule has 36 heavy (non-hydrogen) atoms. The van der Waals surface area contributed by atoms with Crippen molar-refractivity contribution in [1.82, 2.24) is 15.3 Å². The number of aliphatic imine (C=N–C) groups is 1. The first-order valence-corrected chi connectivity index (χ1v) is 12.1. The molecule has 2 N–H and O–H groups in total. The highest BCUT2D eigenvalue weighted by molar-refractivity contribution is 8.14. The van der Waals surface area contributed by atoms with E-state index in [0.29, 0.717) is 29.4 Å². The summed E-state index contributed by atoms with van der Waals surface area (Å²) >= 11 is 1.29. The summed E-state index contributed by atoms with van der Waals surface area (Å²) in [7, 11) is 1.28. The van der Waals surface area contributed by atoms with Crippen LogP contribution in [-0.2, 0) is 11.4 Å². The molecule has 0 bridgehead atoms. The van der Waals surface area contributed by atoms with Crippen molar-refractivity contribution in [3.05, 3.63) is 83.1 Å². The molecule has 2 aliphatic heterocycles. The highest BCUT2D eigenvalue weighted by Crippen LogP contribution is 2.52. The van der Waals surface area contributed by atoms with E-state index in [1.165, 1.54) is 24.9 Å². The summed E-state index contributed by atoms with van der Waals surface area (Å²) in [6.07, 6.45) is 0. The Balaban J connectivity index is 1.50. The Morgan fingerprint density at radius 2 is 1.94 bits per heavy atom. The lowest BCUT2D eigenvalue weighted by Gasteiger charge is -2.37. The van der Waals surface area contributed by atoms with Gasteiger partial charge in [0.1, 0.15) is 11.5 Å². The van der Waals surface area contributed by atoms with Crippen LogP contribution in [-0.4, -0.2) is 52.9 Å². The van der Waals surface area contributed by atoms with Gasteiger partial charge in [0, 0.05) is 36.7 Å². The molecule has 11 heteroatoms. The Labute approximate surface area is 210 Å². The van der Waals surface area contributed by atoms with Crippen molar-refractivity contribution in [3.63, 3.8) is 0 Å². The molecule has 1 aromatic heterocycles. The van der Waals surface area contributed by atoms with E-state index in [1.807, 2.05) is 11.0 Å². The molecule has 3 aromatic rings. The minimum atomic E-state index is -0.826. The number of nitrogens with zero attached hydrogens (tertiary/aromatic N) is 4. The fourth-order valence-corrected chi connectivity index (χ4v) is 6.03. The van der Waals surface area contributed by atoms with Crippen LogP contribution in [0, 0.1) is 17.6 Å². The lowest BCUT2D eigenvalue weighted by atomic mass is 9.87. The molecule has 8 nitrogen and oxygen atoms in total. The number of benzene rings is 2. The number of halogens is 2. The molecular weight excluding hydrogens is 488 g/mol. The van der Waals surface area contributed by atoms with E-state index in [1.54, 1.807) is 42.5 Å². The standard InChI is InChI=1S/C25H23F2N5O3S/c1-35-22-20(27)19(13-33)29-23(31-22)32-12-16-11-28-24(30-21(34)15-7-3-2-4-8-15)36-25(16,14-32)17-9-5-6-10-18(17)26/h2-10,16,33H,11-14H2,1H3,(H,28,30,34)/t16-,25-/m0/s1. The van der Waals surface area contributed by atoms with Crippen molar-refractivity contribution in [1.29, 1.82) is 0 Å². The van der Waals surface area contributed by atoms with Gasteiger partial charge in [-0.3, -0.25) is 9.79 Å². The number of anilines is 1. The van der Waals surface area contributed by atoms with E-state index in [9.17, 15) is 14.3 Å². The van der Waals surface area contributed by atoms with Gasteiger partial charge in [-0.2, -0.15) is 9.37 Å². The Hall–Kier alpha value is -3.57. The van der Waals surface area contributed by atoms with Crippen LogP contribution in [0.1, 0.15) is 21.6 Å². The third-order valence-corrected chi connectivity index (χ3v) is 7.82. The number of amides is 1. The first kappa shape index (κ1) is 24.1. The number of carbonyl (C=O) groups is 1. The number of aliphatic hydroxyl groups excluding tert-OH is 1. The van der Waals surface area contributed by atoms with E-state index in [0.717, 1.165) is 0 Å². The molecule has 2 aromatic carbocycles. The number of fused-ring (bicyclic) bond motifs is 1. The summed E-state index contributed by atoms with van der Waals surface area (Å²) in [5.74, 6) is -1.78. The molecule has 186 valence electrons. The van der Waals surface area contributed by atoms with E-state index in [2.05, 4.69) is 20.3 Å². The van der Waals surface area contributed by atoms with Crippen LogP contribution >= 0.6 is 11.8 Å². The number of aliphatic hydroxyl groups is 1. The Kier molecular flexibility index (Phi) is 6.59. The predicted octanol–water partition coefficient (Wildman–Crippen LogP) is 3.12. The molecule has 0 saturated carbocycles. The average molecular weight is 512 g/mol. The van der Waals surface area contributed by atoms with Crippen molar-refractivity contribution in [3.8, 4) is 5.88 Å². The number of hydrogen-bond acceptors (Lipinski definition) is 8. The molecule has 1 amide bonds. The number of thioether (sulfide) groups is 1. The lowest BCUT2D eigenvalue weighted by molar-refractivity contribution is 0.0977. The second-order valence-electron chi connectivity index (χ2n) is 8.47. The van der Waals surface area contributed by atoms with Crippen LogP contribution in [0.2, 0.25) is 0 Å². The molecule has 0 spiro atoms. The van der Waals surface area contributed by atoms with Crippen molar-refractivity contribution in [2.24, 2.45) is 10.9 Å². The molecule has 2 atom stereocenters. The van der Waals surface area contributed by atoms with Crippen molar-refractivity contribution in [2.45, 2.75) is 11.4 Å². The second-order valence-corrected chi connectivity index (χ2v) is 9.79. The maximum Gasteiger partial charge on any atom is 0.257 e. The van der Waals surface area contributed by atoms with Gasteiger partial charge in [0.25, 0.3) is 11.8 Å². The van der Waals surface area contributed by atoms with Crippen molar-refractivity contribution >= 4 is 28.8 Å². The highest BCUT2D eigenvalue weighted by atomic mass is 32.2. The number of aromatic nitrogens is 2. The highest BCUT2D eigenvalue weighted by Gasteiger charge is 2.53. The van der Waals surface area contributed by atoms with Gasteiger partial charge in [-0.1, -0.05) is 48.2 Å². The third kappa shape index (κ3) is 4.28. The maximum absolute atomic E-state index is 15.2. The number of amidine groups is 1. The van der Waals surface area contributed by atoms with Gasteiger partial charge in [-0.25, -0.2) is 9.37 Å². The Bertz CT molecular complexity index is 1300. The zero-order chi connectivity index (χ0) is 25.3. The quantitative estimate of drug-likeness (QED) is 0.543. The smallest absolute Gasteiger partial charge is 0.257 e. The summed E-state index contributed by atoms with van der Waals surface area (Å²) in [6.45, 7) is 0.377. The van der Waals surface area contributed by atoms with Crippen LogP contribution in [0.25, 0.3) is 0 Å². The summed E-state index contributed by atoms with van der Waals surface area (Å²) in [4.78, 5) is 27.6. The van der Waals surface area contributed by atoms with E-state index in [4.69, 9.17) is 4.74 Å². The van der Waals surface area contributed by atoms with E-state index in [-0.39, 0.29) is 41.7 Å². The fraction of sp³-hybridized carbons (Fsp3) is 0.280. The summed E-state index contributed by atoms with van der Waals surface area (Å²) in [5.41, 5.74) is 0.769. The Morgan fingerprint density at radius 3 is 2.67 bits per heavy atom. The molecule has 1 fully saturated rings. The van der Waals surface area contributed by atoms with Crippen LogP contribution < -0.4 is 15.0 Å². The first-order chi connectivity index (χ1) is 17.4. The molecule has 3 heterocycles. The van der Waals surface area contributed by atoms with Gasteiger partial charge < -0.3 is 20.1 Å². The minimum absolute atomic E-state index is 0.158. The van der Waals surface area contributed by atoms with Gasteiger partial charge in [0.05, 0.1) is 18.5 Å². The molecular formula is C25H23F2N5O3S. The van der Waals surface area contributed by atoms with Gasteiger partial charge >= 0.3 is 0 Å². The molecule has 2 aliphatic rings. The minimum Gasteiger partial charge on any atom is -0.479 e. The van der Waals surface area contributed by atoms with E-state index < -0.39 is 17.2 Å². The zero-order valence-electron chi connectivity index (χ0n) is 19.3. The molecule has 0 aliphatic carbocycles. The summed E-state index contributed by atoms with van der Waals surface area (Å²) in [6, 6.07) is 15.3. The SMILES string of the molecule is COc1nc(N2C[C@@H]3CN=C(NC(=O)c4ccccc4)S[C@@]3(c3ccccc3F)C2)nc(CO)c1F. The van der Waals surface area contributed by atoms with Gasteiger partial charge in [0.2, 0.25) is 11.8 Å². The third-order valence-electron chi connectivity index (χ3n) is 6.35. The average Bonchev–Trinajstić information content (AvgIpc) is 3.29. The zero-order valence-corrected chi connectivity index (χ0v) is 20.1. The first-order valence-electron chi connectivity index (χ1n) is 11.3. The van der Waals surface area contributed by atoms with Crippen molar-refractivity contribution < 1.29 is 23.4 Å². The van der Waals surface area contributed by atoms with Gasteiger partial charge in [-0.05, 0) is 18.2 Å². The van der Waals surface area contributed by atoms with Gasteiger partial charge in [0.15, 0.2) is 5.17 Å². The van der Waals surface area contributed by atoms with Crippen LogP contribution in [0.5, 0.6) is 5.88 Å². The number of methoxy groups -OCH3 is 1. The normalized spacial score (nSPS) is 21.1. The topological polar surface area (TPSA) is 99.9 Å². The number of nitrogens with one attached hydrogen (secondary N) is 1. The fourth-order valence-electron chi connectivity index (χ4n) is 4.59. The summed E-state index contributed by atoms with van der Waals surface area (Å²) in [5, 5.41) is 12.8. The van der Waals surface area contributed by atoms with E-state index >= 15 is 4.39 Å². The molecule has 5 rings (SSSR count). The number of hydrogen-bond donors (Lipinski definition) is 2. The molecule has 0 unspecified atom stereocenters. The number of rotatable bonds is 5. The molecule has 1 saturated heterocycles. The maximum atomic E-state index is 15.2. The monoisotopic (exact) mass is 511 g/mol. The van der Waals surface area contributed by atoms with Crippen LogP contribution in [0.15, 0.2) is 59.6 Å². The summed E-state index contributed by atoms with van der Waals surface area (Å²) < 4.78 is 33.8. The predicted molar refractivity (Wildman–Crippen MR) is 132 cm³/mol. The second kappa shape index (κ2) is 9.82. The number of carbonyl (C=O) groups excluding carboxylic acids is 1.